The molecule has 1 heterocycles. The van der Waals surface area contributed by atoms with E-state index in [9.17, 15) is 9.59 Å². The molecule has 0 unspecified atom stereocenters. The molecule has 0 saturated heterocycles. The molecular formula is C22H21BrN2O3. The normalized spacial score (nSPS) is 23.7. The van der Waals surface area contributed by atoms with E-state index >= 15 is 0 Å². The van der Waals surface area contributed by atoms with Crippen LogP contribution in [0.15, 0.2) is 64.3 Å². The number of rotatable bonds is 2. The van der Waals surface area contributed by atoms with E-state index in [1.54, 1.807) is 0 Å². The maximum atomic E-state index is 13.5. The van der Waals surface area contributed by atoms with Crippen molar-refractivity contribution < 1.29 is 14.3 Å². The van der Waals surface area contributed by atoms with Gasteiger partial charge in [0, 0.05) is 15.7 Å². The molecule has 0 amide bonds. The van der Waals surface area contributed by atoms with Crippen molar-refractivity contribution in [1.82, 2.24) is 0 Å². The summed E-state index contributed by atoms with van der Waals surface area (Å²) in [5.41, 5.74) is 4.22. The van der Waals surface area contributed by atoms with Gasteiger partial charge in [0.25, 0.3) is 0 Å². The highest BCUT2D eigenvalue weighted by molar-refractivity contribution is 9.10. The van der Waals surface area contributed by atoms with Gasteiger partial charge < -0.3 is 15.4 Å². The Bertz CT molecular complexity index is 985. The molecule has 28 heavy (non-hydrogen) atoms. The first-order valence-corrected chi connectivity index (χ1v) is 10.0. The van der Waals surface area contributed by atoms with Crippen LogP contribution in [-0.2, 0) is 14.3 Å². The summed E-state index contributed by atoms with van der Waals surface area (Å²) < 4.78 is 5.84. The van der Waals surface area contributed by atoms with Gasteiger partial charge in [-0.3, -0.25) is 9.59 Å². The second-order valence-corrected chi connectivity index (χ2v) is 8.06. The SMILES string of the molecule is COC(=O)[C@@H]1C(=O)C2=C(C[C@@H]1C)Nc1ccccc1N[C@@H]2c1ccccc1Br. The number of benzene rings is 2. The predicted octanol–water partition coefficient (Wildman–Crippen LogP) is 4.68. The molecule has 0 radical (unpaired) electrons. The van der Waals surface area contributed by atoms with Gasteiger partial charge in [-0.25, -0.2) is 0 Å². The summed E-state index contributed by atoms with van der Waals surface area (Å²) in [6, 6.07) is 15.3. The lowest BCUT2D eigenvalue weighted by molar-refractivity contribution is -0.151. The van der Waals surface area contributed by atoms with Crippen molar-refractivity contribution in [2.45, 2.75) is 19.4 Å². The van der Waals surface area contributed by atoms with Crippen molar-refractivity contribution in [3.8, 4) is 0 Å². The molecule has 2 aliphatic rings. The van der Waals surface area contributed by atoms with Gasteiger partial charge in [0.05, 0.1) is 24.5 Å². The lowest BCUT2D eigenvalue weighted by atomic mass is 9.75. The van der Waals surface area contributed by atoms with Crippen molar-refractivity contribution in [2.24, 2.45) is 11.8 Å². The van der Waals surface area contributed by atoms with Crippen molar-refractivity contribution in [3.63, 3.8) is 0 Å². The van der Waals surface area contributed by atoms with Crippen LogP contribution in [0.2, 0.25) is 0 Å². The molecule has 1 aliphatic heterocycles. The number of anilines is 2. The summed E-state index contributed by atoms with van der Waals surface area (Å²) in [6.07, 6.45) is 0.595. The maximum Gasteiger partial charge on any atom is 0.316 e. The Hall–Kier alpha value is -2.60. The summed E-state index contributed by atoms with van der Waals surface area (Å²) in [4.78, 5) is 25.9. The number of fused-ring (bicyclic) bond motifs is 1. The number of nitrogens with one attached hydrogen (secondary N) is 2. The molecule has 2 aromatic carbocycles. The van der Waals surface area contributed by atoms with E-state index in [0.717, 1.165) is 27.1 Å². The van der Waals surface area contributed by atoms with Gasteiger partial charge in [0.2, 0.25) is 0 Å². The lowest BCUT2D eigenvalue weighted by Crippen LogP contribution is -2.39. The number of hydrogen-bond donors (Lipinski definition) is 2. The molecule has 0 bridgehead atoms. The van der Waals surface area contributed by atoms with Gasteiger partial charge in [0.1, 0.15) is 5.92 Å². The van der Waals surface area contributed by atoms with Crippen LogP contribution in [0, 0.1) is 11.8 Å². The number of Topliss-reactive ketones (excluding diaryl/α,β-unsaturated/α-hetero) is 1. The van der Waals surface area contributed by atoms with E-state index in [0.29, 0.717) is 12.0 Å². The molecule has 6 heteroatoms. The van der Waals surface area contributed by atoms with Crippen molar-refractivity contribution in [3.05, 3.63) is 69.8 Å². The molecule has 0 saturated carbocycles. The Kier molecular flexibility index (Phi) is 4.98. The predicted molar refractivity (Wildman–Crippen MR) is 112 cm³/mol. The van der Waals surface area contributed by atoms with Crippen LogP contribution < -0.4 is 10.6 Å². The van der Waals surface area contributed by atoms with Crippen LogP contribution in [0.1, 0.15) is 24.9 Å². The van der Waals surface area contributed by atoms with Gasteiger partial charge >= 0.3 is 5.97 Å². The minimum absolute atomic E-state index is 0.142. The second kappa shape index (κ2) is 7.43. The van der Waals surface area contributed by atoms with E-state index < -0.39 is 11.9 Å². The Morgan fingerprint density at radius 2 is 1.79 bits per heavy atom. The summed E-state index contributed by atoms with van der Waals surface area (Å²) >= 11 is 3.62. The van der Waals surface area contributed by atoms with Crippen LogP contribution in [-0.4, -0.2) is 18.9 Å². The minimum Gasteiger partial charge on any atom is -0.468 e. The standard InChI is InChI=1S/C22H21BrN2O3/c1-12-11-17-19(21(26)18(12)22(27)28-2)20(13-7-3-4-8-14(13)23)25-16-10-6-5-9-15(16)24-17/h3-10,12,18,20,24-25H,11H2,1-2H3/t12-,18-,20+/m0/s1. The maximum absolute atomic E-state index is 13.5. The van der Waals surface area contributed by atoms with Crippen LogP contribution in [0.4, 0.5) is 11.4 Å². The van der Waals surface area contributed by atoms with E-state index in [1.807, 2.05) is 55.5 Å². The van der Waals surface area contributed by atoms with Crippen LogP contribution >= 0.6 is 15.9 Å². The van der Waals surface area contributed by atoms with Gasteiger partial charge in [-0.1, -0.05) is 53.2 Å². The summed E-state index contributed by atoms with van der Waals surface area (Å²) in [5.74, 6) is -1.60. The zero-order chi connectivity index (χ0) is 19.8. The van der Waals surface area contributed by atoms with Gasteiger partial charge in [-0.2, -0.15) is 0 Å². The lowest BCUT2D eigenvalue weighted by Gasteiger charge is -2.32. The number of ketones is 1. The number of allylic oxidation sites excluding steroid dienone is 1. The topological polar surface area (TPSA) is 67.4 Å². The Labute approximate surface area is 172 Å². The third kappa shape index (κ3) is 3.11. The van der Waals surface area contributed by atoms with Gasteiger partial charge in [0.15, 0.2) is 5.78 Å². The third-order valence-electron chi connectivity index (χ3n) is 5.44. The first-order chi connectivity index (χ1) is 13.5. The molecule has 2 N–H and O–H groups in total. The number of esters is 1. The monoisotopic (exact) mass is 440 g/mol. The fraction of sp³-hybridized carbons (Fsp3) is 0.273. The zero-order valence-electron chi connectivity index (χ0n) is 15.7. The zero-order valence-corrected chi connectivity index (χ0v) is 17.2. The van der Waals surface area contributed by atoms with Gasteiger partial charge in [-0.15, -0.1) is 0 Å². The van der Waals surface area contributed by atoms with Crippen LogP contribution in [0.5, 0.6) is 0 Å². The van der Waals surface area contributed by atoms with E-state index in [4.69, 9.17) is 4.74 Å². The van der Waals surface area contributed by atoms with E-state index in [-0.39, 0.29) is 17.7 Å². The summed E-state index contributed by atoms with van der Waals surface area (Å²) in [5, 5.41) is 6.96. The number of ether oxygens (including phenoxy) is 1. The largest absolute Gasteiger partial charge is 0.468 e. The molecule has 144 valence electrons. The molecule has 3 atom stereocenters. The first-order valence-electron chi connectivity index (χ1n) is 9.23. The molecule has 5 nitrogen and oxygen atoms in total. The number of carbonyl (C=O) groups excluding carboxylic acids is 2. The van der Waals surface area contributed by atoms with Crippen molar-refractivity contribution >= 4 is 39.1 Å². The Morgan fingerprint density at radius 1 is 1.11 bits per heavy atom. The molecule has 0 fully saturated rings. The fourth-order valence-electron chi connectivity index (χ4n) is 4.08. The smallest absolute Gasteiger partial charge is 0.316 e. The third-order valence-corrected chi connectivity index (χ3v) is 6.16. The van der Waals surface area contributed by atoms with Crippen LogP contribution in [0.25, 0.3) is 0 Å². The highest BCUT2D eigenvalue weighted by atomic mass is 79.9. The molecule has 0 aromatic heterocycles. The second-order valence-electron chi connectivity index (χ2n) is 7.21. The molecule has 0 spiro atoms. The molecule has 1 aliphatic carbocycles. The summed E-state index contributed by atoms with van der Waals surface area (Å²) in [7, 11) is 1.33. The average molecular weight is 441 g/mol. The quantitative estimate of drug-likeness (QED) is 0.524. The Morgan fingerprint density at radius 3 is 2.50 bits per heavy atom. The average Bonchev–Trinajstić information content (AvgIpc) is 2.84. The first kappa shape index (κ1) is 18.7. The number of carbonyl (C=O) groups is 2. The molecular weight excluding hydrogens is 420 g/mol. The highest BCUT2D eigenvalue weighted by Crippen LogP contribution is 2.44. The molecule has 2 aromatic rings. The highest BCUT2D eigenvalue weighted by Gasteiger charge is 2.44. The number of halogens is 1. The van der Waals surface area contributed by atoms with E-state index in [2.05, 4.69) is 26.6 Å². The van der Waals surface area contributed by atoms with Crippen LogP contribution in [0.3, 0.4) is 0 Å². The fourth-order valence-corrected chi connectivity index (χ4v) is 4.59. The van der Waals surface area contributed by atoms with Gasteiger partial charge in [-0.05, 0) is 36.1 Å². The Balaban J connectivity index is 1.90. The number of methoxy groups -OCH3 is 1. The summed E-state index contributed by atoms with van der Waals surface area (Å²) in [6.45, 7) is 1.92. The molecule has 4 rings (SSSR count). The minimum atomic E-state index is -0.793. The van der Waals surface area contributed by atoms with Crippen molar-refractivity contribution in [1.29, 1.82) is 0 Å². The number of hydrogen-bond acceptors (Lipinski definition) is 5. The number of para-hydroxylation sites is 2. The van der Waals surface area contributed by atoms with E-state index in [1.165, 1.54) is 7.11 Å². The van der Waals surface area contributed by atoms with Crippen molar-refractivity contribution in [2.75, 3.05) is 17.7 Å².